The molecule has 1 amide bonds. The minimum atomic E-state index is -0.151. The zero-order chi connectivity index (χ0) is 20.6. The van der Waals surface area contributed by atoms with E-state index in [1.54, 1.807) is 14.2 Å². The van der Waals surface area contributed by atoms with Gasteiger partial charge >= 0.3 is 0 Å². The molecule has 3 aromatic rings. The topological polar surface area (TPSA) is 63.4 Å². The van der Waals surface area contributed by atoms with Crippen molar-refractivity contribution in [2.24, 2.45) is 0 Å². The number of rotatable bonds is 10. The van der Waals surface area contributed by atoms with Gasteiger partial charge < -0.3 is 19.8 Å². The summed E-state index contributed by atoms with van der Waals surface area (Å²) in [4.78, 5) is 16.1. The average Bonchev–Trinajstić information content (AvgIpc) is 3.18. The minimum absolute atomic E-state index is 0.0428. The number of ether oxygens (including phenoxy) is 2. The second kappa shape index (κ2) is 10.0. The molecular formula is C24H30N2O3. The van der Waals surface area contributed by atoms with Gasteiger partial charge in [-0.2, -0.15) is 0 Å². The molecular weight excluding hydrogens is 364 g/mol. The molecule has 0 saturated carbocycles. The Balaban J connectivity index is 1.98. The summed E-state index contributed by atoms with van der Waals surface area (Å²) in [5.74, 6) is 1.23. The summed E-state index contributed by atoms with van der Waals surface area (Å²) in [5, 5.41) is 4.18. The van der Waals surface area contributed by atoms with Gasteiger partial charge in [0.05, 0.1) is 14.2 Å². The van der Waals surface area contributed by atoms with E-state index in [0.29, 0.717) is 24.5 Å². The molecule has 2 N–H and O–H groups in total. The first-order valence-electron chi connectivity index (χ1n) is 10.2. The molecule has 0 aliphatic carbocycles. The van der Waals surface area contributed by atoms with E-state index in [4.69, 9.17) is 9.47 Å². The summed E-state index contributed by atoms with van der Waals surface area (Å²) >= 11 is 0. The number of unbranched alkanes of at least 4 members (excludes halogenated alkanes) is 2. The lowest BCUT2D eigenvalue weighted by Gasteiger charge is -2.21. The summed E-state index contributed by atoms with van der Waals surface area (Å²) in [7, 11) is 3.27. The van der Waals surface area contributed by atoms with Crippen LogP contribution >= 0.6 is 0 Å². The first-order valence-corrected chi connectivity index (χ1v) is 10.2. The van der Waals surface area contributed by atoms with Crippen LogP contribution in [0.5, 0.6) is 11.5 Å². The number of H-pyrrole nitrogens is 1. The van der Waals surface area contributed by atoms with Gasteiger partial charge in [0.1, 0.15) is 0 Å². The van der Waals surface area contributed by atoms with Crippen LogP contribution in [0.2, 0.25) is 0 Å². The molecule has 154 valence electrons. The number of methoxy groups -OCH3 is 2. The summed E-state index contributed by atoms with van der Waals surface area (Å²) in [6, 6.07) is 14.0. The Hall–Kier alpha value is -2.95. The highest BCUT2D eigenvalue weighted by molar-refractivity contribution is 5.86. The quantitative estimate of drug-likeness (QED) is 0.475. The number of para-hydroxylation sites is 2. The molecule has 2 aromatic carbocycles. The van der Waals surface area contributed by atoms with Crippen LogP contribution in [0.4, 0.5) is 0 Å². The van der Waals surface area contributed by atoms with Crippen molar-refractivity contribution in [3.05, 3.63) is 59.8 Å². The van der Waals surface area contributed by atoms with E-state index in [1.165, 1.54) is 0 Å². The number of fused-ring (bicyclic) bond motifs is 1. The van der Waals surface area contributed by atoms with Crippen molar-refractivity contribution in [2.45, 2.75) is 38.5 Å². The molecule has 1 atom stereocenters. The van der Waals surface area contributed by atoms with Crippen LogP contribution in [0.3, 0.4) is 0 Å². The third-order valence-corrected chi connectivity index (χ3v) is 5.30. The fourth-order valence-electron chi connectivity index (χ4n) is 3.82. The molecule has 0 aliphatic heterocycles. The van der Waals surface area contributed by atoms with Crippen LogP contribution in [0.15, 0.2) is 48.7 Å². The Morgan fingerprint density at radius 3 is 2.62 bits per heavy atom. The number of carbonyl (C=O) groups is 1. The number of hydrogen-bond donors (Lipinski definition) is 2. The van der Waals surface area contributed by atoms with Crippen molar-refractivity contribution in [1.29, 1.82) is 0 Å². The molecule has 0 fully saturated rings. The zero-order valence-corrected chi connectivity index (χ0v) is 17.5. The molecule has 1 aromatic heterocycles. The maximum Gasteiger partial charge on any atom is 0.220 e. The lowest BCUT2D eigenvalue weighted by Crippen LogP contribution is -2.26. The third kappa shape index (κ3) is 4.73. The Kier molecular flexibility index (Phi) is 7.17. The number of benzene rings is 2. The molecule has 1 heterocycles. The van der Waals surface area contributed by atoms with Gasteiger partial charge in [-0.3, -0.25) is 4.79 Å². The van der Waals surface area contributed by atoms with Crippen molar-refractivity contribution in [3.63, 3.8) is 0 Å². The Bertz CT molecular complexity index is 948. The largest absolute Gasteiger partial charge is 0.493 e. The van der Waals surface area contributed by atoms with Gasteiger partial charge in [0.15, 0.2) is 11.5 Å². The highest BCUT2D eigenvalue weighted by Crippen LogP contribution is 2.41. The first kappa shape index (κ1) is 20.8. The van der Waals surface area contributed by atoms with E-state index in [0.717, 1.165) is 41.3 Å². The molecule has 5 nitrogen and oxygen atoms in total. The van der Waals surface area contributed by atoms with Crippen LogP contribution in [-0.2, 0) is 4.79 Å². The second-order valence-electron chi connectivity index (χ2n) is 7.19. The van der Waals surface area contributed by atoms with Crippen molar-refractivity contribution in [3.8, 4) is 11.5 Å². The van der Waals surface area contributed by atoms with Gasteiger partial charge in [0.2, 0.25) is 5.91 Å². The molecule has 0 spiro atoms. The maximum atomic E-state index is 12.8. The van der Waals surface area contributed by atoms with Crippen LogP contribution in [0, 0.1) is 0 Å². The van der Waals surface area contributed by atoms with Gasteiger partial charge in [-0.05, 0) is 24.1 Å². The van der Waals surface area contributed by atoms with Gasteiger partial charge in [0.25, 0.3) is 0 Å². The van der Waals surface area contributed by atoms with Gasteiger partial charge in [-0.15, -0.1) is 0 Å². The highest BCUT2D eigenvalue weighted by Gasteiger charge is 2.25. The number of amides is 1. The molecule has 29 heavy (non-hydrogen) atoms. The van der Waals surface area contributed by atoms with Crippen molar-refractivity contribution < 1.29 is 14.3 Å². The summed E-state index contributed by atoms with van der Waals surface area (Å²) in [6.45, 7) is 2.87. The number of nitrogens with one attached hydrogen (secondary N) is 2. The molecule has 0 saturated heterocycles. The summed E-state index contributed by atoms with van der Waals surface area (Å²) < 4.78 is 11.2. The normalized spacial score (nSPS) is 12.0. The van der Waals surface area contributed by atoms with E-state index < -0.39 is 0 Å². The molecule has 0 aliphatic rings. The van der Waals surface area contributed by atoms with E-state index >= 15 is 0 Å². The van der Waals surface area contributed by atoms with Gasteiger partial charge in [-0.1, -0.05) is 50.1 Å². The first-order chi connectivity index (χ1) is 14.2. The molecule has 0 unspecified atom stereocenters. The highest BCUT2D eigenvalue weighted by atomic mass is 16.5. The monoisotopic (exact) mass is 394 g/mol. The number of carbonyl (C=O) groups excluding carboxylic acids is 1. The van der Waals surface area contributed by atoms with E-state index in [2.05, 4.69) is 23.3 Å². The SMILES string of the molecule is CCCCCNC(=O)C[C@H](c1cccc(OC)c1OC)c1c[nH]c2ccccc12. The maximum absolute atomic E-state index is 12.8. The Morgan fingerprint density at radius 2 is 1.86 bits per heavy atom. The number of aromatic amines is 1. The standard InChI is InChI=1S/C24H30N2O3/c1-4-5-8-14-25-23(27)15-19(18-11-9-13-22(28-2)24(18)29-3)20-16-26-21-12-7-6-10-17(20)21/h6-7,9-13,16,19,26H,4-5,8,14-15H2,1-3H3,(H,25,27)/t19-/m1/s1. The van der Waals surface area contributed by atoms with E-state index in [-0.39, 0.29) is 11.8 Å². The average molecular weight is 395 g/mol. The van der Waals surface area contributed by atoms with Crippen LogP contribution in [-0.4, -0.2) is 31.7 Å². The van der Waals surface area contributed by atoms with Crippen LogP contribution in [0.25, 0.3) is 10.9 Å². The van der Waals surface area contributed by atoms with Crippen molar-refractivity contribution in [2.75, 3.05) is 20.8 Å². The van der Waals surface area contributed by atoms with Crippen molar-refractivity contribution in [1.82, 2.24) is 10.3 Å². The Labute approximate surface area is 172 Å². The predicted molar refractivity (Wildman–Crippen MR) is 117 cm³/mol. The third-order valence-electron chi connectivity index (χ3n) is 5.30. The fourth-order valence-corrected chi connectivity index (χ4v) is 3.82. The number of hydrogen-bond acceptors (Lipinski definition) is 3. The molecule has 5 heteroatoms. The Morgan fingerprint density at radius 1 is 1.03 bits per heavy atom. The fraction of sp³-hybridized carbons (Fsp3) is 0.375. The predicted octanol–water partition coefficient (Wildman–Crippen LogP) is 5.01. The molecule has 3 rings (SSSR count). The van der Waals surface area contributed by atoms with Crippen LogP contribution < -0.4 is 14.8 Å². The van der Waals surface area contributed by atoms with E-state index in [1.807, 2.05) is 42.6 Å². The lowest BCUT2D eigenvalue weighted by atomic mass is 9.87. The van der Waals surface area contributed by atoms with Gasteiger partial charge in [-0.25, -0.2) is 0 Å². The number of aromatic nitrogens is 1. The van der Waals surface area contributed by atoms with Crippen LogP contribution in [0.1, 0.15) is 49.7 Å². The molecule has 0 bridgehead atoms. The van der Waals surface area contributed by atoms with E-state index in [9.17, 15) is 4.79 Å². The van der Waals surface area contributed by atoms with Crippen molar-refractivity contribution >= 4 is 16.8 Å². The summed E-state index contributed by atoms with van der Waals surface area (Å²) in [6.07, 6.45) is 5.60. The minimum Gasteiger partial charge on any atom is -0.493 e. The lowest BCUT2D eigenvalue weighted by molar-refractivity contribution is -0.121. The smallest absolute Gasteiger partial charge is 0.220 e. The second-order valence-corrected chi connectivity index (χ2v) is 7.19. The molecule has 0 radical (unpaired) electrons. The zero-order valence-electron chi connectivity index (χ0n) is 17.5. The van der Waals surface area contributed by atoms with Gasteiger partial charge in [0, 0.05) is 41.5 Å². The summed E-state index contributed by atoms with van der Waals surface area (Å²) in [5.41, 5.74) is 3.08.